The van der Waals surface area contributed by atoms with Gasteiger partial charge >= 0.3 is 0 Å². The lowest BCUT2D eigenvalue weighted by molar-refractivity contribution is 0.149. The molecule has 4 heteroatoms. The van der Waals surface area contributed by atoms with Gasteiger partial charge < -0.3 is 10.4 Å². The molecule has 0 fully saturated rings. The van der Waals surface area contributed by atoms with E-state index in [-0.39, 0.29) is 12.0 Å². The predicted molar refractivity (Wildman–Crippen MR) is 63.2 cm³/mol. The van der Waals surface area contributed by atoms with Gasteiger partial charge in [0.15, 0.2) is 0 Å². The molecule has 1 aromatic heterocycles. The fraction of sp³-hybridized carbons (Fsp3) is 0.545. The highest BCUT2D eigenvalue weighted by Crippen LogP contribution is 2.24. The average Bonchev–Trinajstić information content (AvgIpc) is 2.28. The van der Waals surface area contributed by atoms with Gasteiger partial charge in [0.2, 0.25) is 0 Å². The first kappa shape index (κ1) is 12.3. The molecular weight excluding hydrogens is 212 g/mol. The molecule has 1 heterocycles. The number of nitrogens with zero attached hydrogens (tertiary/aromatic N) is 1. The van der Waals surface area contributed by atoms with Gasteiger partial charge in [0.25, 0.3) is 0 Å². The molecule has 84 valence electrons. The van der Waals surface area contributed by atoms with E-state index < -0.39 is 0 Å². The summed E-state index contributed by atoms with van der Waals surface area (Å²) in [4.78, 5) is 3.99. The molecule has 15 heavy (non-hydrogen) atoms. The Labute approximate surface area is 95.5 Å². The third-order valence-corrected chi connectivity index (χ3v) is 3.04. The molecule has 1 atom stereocenters. The van der Waals surface area contributed by atoms with Crippen molar-refractivity contribution in [2.75, 3.05) is 18.5 Å². The van der Waals surface area contributed by atoms with Crippen LogP contribution in [0.4, 0.5) is 5.69 Å². The smallest absolute Gasteiger partial charge is 0.0716 e. The van der Waals surface area contributed by atoms with Gasteiger partial charge in [-0.15, -0.1) is 0 Å². The Bertz CT molecular complexity index is 313. The van der Waals surface area contributed by atoms with Crippen molar-refractivity contribution >= 4 is 17.3 Å². The molecule has 0 bridgehead atoms. The fourth-order valence-corrected chi connectivity index (χ4v) is 1.28. The van der Waals surface area contributed by atoms with Gasteiger partial charge in [-0.1, -0.05) is 25.4 Å². The first-order chi connectivity index (χ1) is 7.11. The monoisotopic (exact) mass is 228 g/mol. The Kier molecular flexibility index (Phi) is 4.36. The lowest BCUT2D eigenvalue weighted by atomic mass is 9.88. The Hall–Kier alpha value is -0.800. The molecule has 1 rings (SSSR count). The van der Waals surface area contributed by atoms with E-state index in [0.29, 0.717) is 11.6 Å². The Balaban J connectivity index is 2.61. The van der Waals surface area contributed by atoms with Crippen LogP contribution in [0.2, 0.25) is 5.02 Å². The van der Waals surface area contributed by atoms with E-state index in [1.165, 1.54) is 0 Å². The van der Waals surface area contributed by atoms with Gasteiger partial charge in [-0.3, -0.25) is 4.98 Å². The van der Waals surface area contributed by atoms with Crippen LogP contribution in [0.15, 0.2) is 18.5 Å². The molecule has 1 unspecified atom stereocenters. The molecule has 0 radical (unpaired) electrons. The van der Waals surface area contributed by atoms with Crippen LogP contribution in [-0.2, 0) is 0 Å². The maximum absolute atomic E-state index is 9.24. The van der Waals surface area contributed by atoms with Crippen molar-refractivity contribution in [2.24, 2.45) is 5.41 Å². The van der Waals surface area contributed by atoms with Gasteiger partial charge in [0.05, 0.1) is 23.5 Å². The topological polar surface area (TPSA) is 45.1 Å². The molecule has 2 N–H and O–H groups in total. The van der Waals surface area contributed by atoms with E-state index in [2.05, 4.69) is 17.2 Å². The third kappa shape index (κ3) is 3.36. The quantitative estimate of drug-likeness (QED) is 0.814. The van der Waals surface area contributed by atoms with Gasteiger partial charge in [-0.2, -0.15) is 0 Å². The van der Waals surface area contributed by atoms with E-state index in [0.717, 1.165) is 12.1 Å². The first-order valence-electron chi connectivity index (χ1n) is 5.05. The minimum atomic E-state index is -0.112. The second-order valence-corrected chi connectivity index (χ2v) is 4.44. The van der Waals surface area contributed by atoms with Gasteiger partial charge in [-0.25, -0.2) is 0 Å². The number of pyridine rings is 1. The zero-order chi connectivity index (χ0) is 11.3. The largest absolute Gasteiger partial charge is 0.396 e. The molecule has 0 saturated heterocycles. The zero-order valence-electron chi connectivity index (χ0n) is 9.13. The van der Waals surface area contributed by atoms with Crippen molar-refractivity contribution in [1.82, 2.24) is 4.98 Å². The van der Waals surface area contributed by atoms with Gasteiger partial charge in [-0.05, 0) is 12.5 Å². The minimum absolute atomic E-state index is 0.112. The molecule has 0 spiro atoms. The SMILES string of the molecule is CCC(C)(CO)CNc1cnccc1Cl. The number of aliphatic hydroxyl groups excluding tert-OH is 1. The molecule has 0 aliphatic carbocycles. The van der Waals surface area contributed by atoms with Crippen LogP contribution in [0.1, 0.15) is 20.3 Å². The lowest BCUT2D eigenvalue weighted by Crippen LogP contribution is -2.29. The van der Waals surface area contributed by atoms with Crippen molar-refractivity contribution in [3.63, 3.8) is 0 Å². The highest BCUT2D eigenvalue weighted by molar-refractivity contribution is 6.33. The van der Waals surface area contributed by atoms with E-state index in [4.69, 9.17) is 11.6 Å². The number of halogens is 1. The van der Waals surface area contributed by atoms with Crippen molar-refractivity contribution in [2.45, 2.75) is 20.3 Å². The second-order valence-electron chi connectivity index (χ2n) is 4.03. The van der Waals surface area contributed by atoms with Crippen molar-refractivity contribution in [3.8, 4) is 0 Å². The number of hydrogen-bond donors (Lipinski definition) is 2. The van der Waals surface area contributed by atoms with E-state index in [9.17, 15) is 5.11 Å². The maximum Gasteiger partial charge on any atom is 0.0716 e. The minimum Gasteiger partial charge on any atom is -0.396 e. The van der Waals surface area contributed by atoms with Crippen LogP contribution in [0.25, 0.3) is 0 Å². The zero-order valence-corrected chi connectivity index (χ0v) is 9.88. The maximum atomic E-state index is 9.24. The number of anilines is 1. The molecule has 0 aromatic carbocycles. The highest BCUT2D eigenvalue weighted by atomic mass is 35.5. The number of aliphatic hydroxyl groups is 1. The summed E-state index contributed by atoms with van der Waals surface area (Å²) in [6, 6.07) is 1.74. The fourth-order valence-electron chi connectivity index (χ4n) is 1.11. The van der Waals surface area contributed by atoms with E-state index in [1.807, 2.05) is 6.92 Å². The lowest BCUT2D eigenvalue weighted by Gasteiger charge is -2.26. The summed E-state index contributed by atoms with van der Waals surface area (Å²) >= 11 is 5.97. The third-order valence-electron chi connectivity index (χ3n) is 2.71. The van der Waals surface area contributed by atoms with Crippen molar-refractivity contribution < 1.29 is 5.11 Å². The molecule has 0 amide bonds. The number of nitrogens with one attached hydrogen (secondary N) is 1. The molecule has 0 aliphatic rings. The van der Waals surface area contributed by atoms with Crippen LogP contribution < -0.4 is 5.32 Å². The normalized spacial score (nSPS) is 14.7. The van der Waals surface area contributed by atoms with Crippen molar-refractivity contribution in [1.29, 1.82) is 0 Å². The van der Waals surface area contributed by atoms with Crippen LogP contribution in [-0.4, -0.2) is 23.2 Å². The van der Waals surface area contributed by atoms with Gasteiger partial charge in [0.1, 0.15) is 0 Å². The van der Waals surface area contributed by atoms with Crippen molar-refractivity contribution in [3.05, 3.63) is 23.5 Å². The Morgan fingerprint density at radius 2 is 2.33 bits per heavy atom. The second kappa shape index (κ2) is 5.33. The molecule has 0 saturated carbocycles. The van der Waals surface area contributed by atoms with E-state index >= 15 is 0 Å². The van der Waals surface area contributed by atoms with Crippen LogP contribution in [0.5, 0.6) is 0 Å². The summed E-state index contributed by atoms with van der Waals surface area (Å²) in [6.45, 7) is 4.94. The standard InChI is InChI=1S/C11H17ClN2O/c1-3-11(2,8-15)7-14-10-6-13-5-4-9(10)12/h4-6,14-15H,3,7-8H2,1-2H3. The Morgan fingerprint density at radius 1 is 1.60 bits per heavy atom. The van der Waals surface area contributed by atoms with Gasteiger partial charge in [0, 0.05) is 18.2 Å². The summed E-state index contributed by atoms with van der Waals surface area (Å²) in [6.07, 6.45) is 4.25. The van der Waals surface area contributed by atoms with Crippen LogP contribution in [0.3, 0.4) is 0 Å². The van der Waals surface area contributed by atoms with Crippen LogP contribution in [0, 0.1) is 5.41 Å². The van der Waals surface area contributed by atoms with Crippen LogP contribution >= 0.6 is 11.6 Å². The number of rotatable bonds is 5. The molecule has 3 nitrogen and oxygen atoms in total. The molecule has 1 aromatic rings. The average molecular weight is 229 g/mol. The molecular formula is C11H17ClN2O. The van der Waals surface area contributed by atoms with E-state index in [1.54, 1.807) is 18.5 Å². The summed E-state index contributed by atoms with van der Waals surface area (Å²) in [5.41, 5.74) is 0.700. The summed E-state index contributed by atoms with van der Waals surface area (Å²) in [5.74, 6) is 0. The number of aromatic nitrogens is 1. The summed E-state index contributed by atoms with van der Waals surface area (Å²) in [7, 11) is 0. The molecule has 0 aliphatic heterocycles. The predicted octanol–water partition coefficient (Wildman–Crippen LogP) is 2.56. The highest BCUT2D eigenvalue weighted by Gasteiger charge is 2.20. The number of hydrogen-bond acceptors (Lipinski definition) is 3. The summed E-state index contributed by atoms with van der Waals surface area (Å²) < 4.78 is 0. The summed E-state index contributed by atoms with van der Waals surface area (Å²) in [5, 5.41) is 13.1. The Morgan fingerprint density at radius 3 is 2.87 bits per heavy atom. The first-order valence-corrected chi connectivity index (χ1v) is 5.43.